The molecule has 0 saturated carbocycles. The Morgan fingerprint density at radius 2 is 1.59 bits per heavy atom. The van der Waals surface area contributed by atoms with Gasteiger partial charge in [-0.25, -0.2) is 4.79 Å². The van der Waals surface area contributed by atoms with Gasteiger partial charge in [-0.1, -0.05) is 0 Å². The van der Waals surface area contributed by atoms with E-state index in [1.807, 2.05) is 36.1 Å². The van der Waals surface area contributed by atoms with Crippen LogP contribution in [0.5, 0.6) is 11.5 Å². The molecule has 0 unspecified atom stereocenters. The third-order valence-corrected chi connectivity index (χ3v) is 4.09. The molecule has 0 spiro atoms. The van der Waals surface area contributed by atoms with Crippen LogP contribution in [0, 0.1) is 0 Å². The van der Waals surface area contributed by atoms with Crippen LogP contribution < -0.4 is 14.8 Å². The van der Waals surface area contributed by atoms with Crippen LogP contribution in [0.15, 0.2) is 24.3 Å². The Morgan fingerprint density at radius 1 is 0.963 bits per heavy atom. The molecular formula is C19H29N3O5. The predicted molar refractivity (Wildman–Crippen MR) is 101 cm³/mol. The summed E-state index contributed by atoms with van der Waals surface area (Å²) >= 11 is 0. The van der Waals surface area contributed by atoms with Gasteiger partial charge >= 0.3 is 6.09 Å². The van der Waals surface area contributed by atoms with Crippen LogP contribution in [0.2, 0.25) is 0 Å². The molecular weight excluding hydrogens is 350 g/mol. The van der Waals surface area contributed by atoms with Crippen molar-refractivity contribution in [3.05, 3.63) is 24.3 Å². The number of carbonyl (C=O) groups excluding carboxylic acids is 2. The van der Waals surface area contributed by atoms with Gasteiger partial charge in [0.15, 0.2) is 0 Å². The minimum atomic E-state index is -0.284. The Hall–Kier alpha value is -2.48. The van der Waals surface area contributed by atoms with E-state index in [9.17, 15) is 9.59 Å². The standard InChI is InChI=1S/C19H29N3O5/c1-3-25-16-5-7-17(8-6-16)27-14-9-20-18(23)15-21-10-12-22(13-11-21)19(24)26-4-2/h5-8H,3-4,9-15H2,1-2H3,(H,20,23). The number of nitrogens with zero attached hydrogens (tertiary/aromatic N) is 2. The number of nitrogens with one attached hydrogen (secondary N) is 1. The van der Waals surface area contributed by atoms with Crippen LogP contribution >= 0.6 is 0 Å². The summed E-state index contributed by atoms with van der Waals surface area (Å²) in [6.07, 6.45) is -0.284. The molecule has 0 radical (unpaired) electrons. The van der Waals surface area contributed by atoms with Crippen LogP contribution in [0.25, 0.3) is 0 Å². The highest BCUT2D eigenvalue weighted by molar-refractivity contribution is 5.78. The molecule has 1 heterocycles. The Labute approximate surface area is 160 Å². The molecule has 0 aromatic heterocycles. The minimum absolute atomic E-state index is 0.0464. The third-order valence-electron chi connectivity index (χ3n) is 4.09. The van der Waals surface area contributed by atoms with Gasteiger partial charge in [0.25, 0.3) is 0 Å². The molecule has 1 saturated heterocycles. The van der Waals surface area contributed by atoms with Gasteiger partial charge in [-0.15, -0.1) is 0 Å². The molecule has 0 aliphatic carbocycles. The van der Waals surface area contributed by atoms with E-state index in [4.69, 9.17) is 14.2 Å². The first-order chi connectivity index (χ1) is 13.1. The van der Waals surface area contributed by atoms with Crippen LogP contribution in [0.4, 0.5) is 4.79 Å². The summed E-state index contributed by atoms with van der Waals surface area (Å²) in [5, 5.41) is 2.85. The summed E-state index contributed by atoms with van der Waals surface area (Å²) in [5.74, 6) is 1.50. The van der Waals surface area contributed by atoms with E-state index in [0.29, 0.717) is 59.1 Å². The van der Waals surface area contributed by atoms with E-state index in [2.05, 4.69) is 5.32 Å². The summed E-state index contributed by atoms with van der Waals surface area (Å²) in [6, 6.07) is 7.40. The smallest absolute Gasteiger partial charge is 0.409 e. The number of hydrogen-bond donors (Lipinski definition) is 1. The van der Waals surface area contributed by atoms with Crippen LogP contribution in [-0.2, 0) is 9.53 Å². The molecule has 1 aliphatic rings. The van der Waals surface area contributed by atoms with Gasteiger partial charge in [0.2, 0.25) is 5.91 Å². The van der Waals surface area contributed by atoms with Crippen molar-refractivity contribution >= 4 is 12.0 Å². The molecule has 8 nitrogen and oxygen atoms in total. The summed E-state index contributed by atoms with van der Waals surface area (Å²) in [6.45, 7) is 8.37. The van der Waals surface area contributed by atoms with Crippen molar-refractivity contribution in [2.75, 3.05) is 59.1 Å². The average Bonchev–Trinajstić information content (AvgIpc) is 2.67. The lowest BCUT2D eigenvalue weighted by Gasteiger charge is -2.33. The quantitative estimate of drug-likeness (QED) is 0.653. The maximum Gasteiger partial charge on any atom is 0.409 e. The Kier molecular flexibility index (Phi) is 8.70. The van der Waals surface area contributed by atoms with Crippen molar-refractivity contribution in [3.8, 4) is 11.5 Å². The number of rotatable bonds is 9. The van der Waals surface area contributed by atoms with E-state index >= 15 is 0 Å². The monoisotopic (exact) mass is 379 g/mol. The number of amides is 2. The lowest BCUT2D eigenvalue weighted by atomic mass is 10.3. The van der Waals surface area contributed by atoms with Gasteiger partial charge in [-0.2, -0.15) is 0 Å². The molecule has 2 rings (SSSR count). The first-order valence-electron chi connectivity index (χ1n) is 9.38. The highest BCUT2D eigenvalue weighted by Gasteiger charge is 2.22. The van der Waals surface area contributed by atoms with Gasteiger partial charge < -0.3 is 24.4 Å². The molecule has 1 N–H and O–H groups in total. The second kappa shape index (κ2) is 11.3. The zero-order valence-corrected chi connectivity index (χ0v) is 16.1. The number of benzene rings is 1. The average molecular weight is 379 g/mol. The molecule has 0 bridgehead atoms. The number of carbonyl (C=O) groups is 2. The van der Waals surface area contributed by atoms with Crippen molar-refractivity contribution in [2.45, 2.75) is 13.8 Å². The van der Waals surface area contributed by atoms with Gasteiger partial charge in [0, 0.05) is 26.2 Å². The van der Waals surface area contributed by atoms with Gasteiger partial charge in [0.05, 0.1) is 26.3 Å². The second-order valence-corrected chi connectivity index (χ2v) is 6.06. The van der Waals surface area contributed by atoms with Crippen molar-refractivity contribution in [3.63, 3.8) is 0 Å². The lowest BCUT2D eigenvalue weighted by molar-refractivity contribution is -0.122. The first kappa shape index (κ1) is 20.8. The Balaban J connectivity index is 1.58. The summed E-state index contributed by atoms with van der Waals surface area (Å²) < 4.78 is 16.0. The fourth-order valence-electron chi connectivity index (χ4n) is 2.72. The van der Waals surface area contributed by atoms with E-state index in [1.165, 1.54) is 0 Å². The first-order valence-corrected chi connectivity index (χ1v) is 9.38. The van der Waals surface area contributed by atoms with Gasteiger partial charge in [0.1, 0.15) is 18.1 Å². The number of piperazine rings is 1. The zero-order chi connectivity index (χ0) is 19.5. The fourth-order valence-corrected chi connectivity index (χ4v) is 2.72. The highest BCUT2D eigenvalue weighted by atomic mass is 16.6. The molecule has 0 atom stereocenters. The number of ether oxygens (including phenoxy) is 3. The topological polar surface area (TPSA) is 80.3 Å². The maximum atomic E-state index is 12.0. The van der Waals surface area contributed by atoms with Crippen LogP contribution in [0.3, 0.4) is 0 Å². The summed E-state index contributed by atoms with van der Waals surface area (Å²) in [5.41, 5.74) is 0. The molecule has 27 heavy (non-hydrogen) atoms. The minimum Gasteiger partial charge on any atom is -0.494 e. The van der Waals surface area contributed by atoms with Gasteiger partial charge in [-0.05, 0) is 38.1 Å². The highest BCUT2D eigenvalue weighted by Crippen LogP contribution is 2.17. The van der Waals surface area contributed by atoms with Crippen LogP contribution in [0.1, 0.15) is 13.8 Å². The third kappa shape index (κ3) is 7.34. The fraction of sp³-hybridized carbons (Fsp3) is 0.579. The molecule has 1 fully saturated rings. The molecule has 150 valence electrons. The Bertz CT molecular complexity index is 586. The zero-order valence-electron chi connectivity index (χ0n) is 16.1. The molecule has 1 aromatic rings. The number of hydrogen-bond acceptors (Lipinski definition) is 6. The summed E-state index contributed by atoms with van der Waals surface area (Å²) in [4.78, 5) is 27.4. The largest absolute Gasteiger partial charge is 0.494 e. The maximum absolute atomic E-state index is 12.0. The molecule has 2 amide bonds. The second-order valence-electron chi connectivity index (χ2n) is 6.06. The molecule has 1 aliphatic heterocycles. The van der Waals surface area contributed by atoms with Crippen molar-refractivity contribution < 1.29 is 23.8 Å². The van der Waals surface area contributed by atoms with E-state index < -0.39 is 0 Å². The SMILES string of the molecule is CCOC(=O)N1CCN(CC(=O)NCCOc2ccc(OCC)cc2)CC1. The van der Waals surface area contributed by atoms with Gasteiger partial charge in [-0.3, -0.25) is 9.69 Å². The van der Waals surface area contributed by atoms with E-state index in [1.54, 1.807) is 11.8 Å². The normalized spacial score (nSPS) is 14.5. The summed E-state index contributed by atoms with van der Waals surface area (Å²) in [7, 11) is 0. The lowest BCUT2D eigenvalue weighted by Crippen LogP contribution is -2.51. The van der Waals surface area contributed by atoms with Crippen LogP contribution in [-0.4, -0.2) is 80.9 Å². The van der Waals surface area contributed by atoms with Crippen molar-refractivity contribution in [1.82, 2.24) is 15.1 Å². The predicted octanol–water partition coefficient (Wildman–Crippen LogP) is 1.35. The molecule has 1 aromatic carbocycles. The van der Waals surface area contributed by atoms with E-state index in [-0.39, 0.29) is 12.0 Å². The molecule has 8 heteroatoms. The van der Waals surface area contributed by atoms with E-state index in [0.717, 1.165) is 11.5 Å². The van der Waals surface area contributed by atoms with Crippen molar-refractivity contribution in [2.24, 2.45) is 0 Å². The Morgan fingerprint density at radius 3 is 2.19 bits per heavy atom. The van der Waals surface area contributed by atoms with Crippen molar-refractivity contribution in [1.29, 1.82) is 0 Å².